The molecule has 3 rings (SSSR count). The van der Waals surface area contributed by atoms with E-state index < -0.39 is 11.4 Å². The molecule has 1 aromatic carbocycles. The van der Waals surface area contributed by atoms with Crippen molar-refractivity contribution in [2.75, 3.05) is 7.05 Å². The Bertz CT molecular complexity index is 489. The van der Waals surface area contributed by atoms with Gasteiger partial charge >= 0.3 is 5.97 Å². The maximum atomic E-state index is 11.7. The fourth-order valence-electron chi connectivity index (χ4n) is 3.47. The zero-order chi connectivity index (χ0) is 12.8. The maximum absolute atomic E-state index is 11.7. The number of carbonyl (C=O) groups is 1. The average Bonchev–Trinajstić information content (AvgIpc) is 2.92. The van der Waals surface area contributed by atoms with E-state index in [0.29, 0.717) is 0 Å². The summed E-state index contributed by atoms with van der Waals surface area (Å²) in [5.74, 6) is -0.647. The number of fused-ring (bicyclic) bond motifs is 1. The van der Waals surface area contributed by atoms with Crippen molar-refractivity contribution in [3.8, 4) is 0 Å². The molecular formula is C15H19NO2. The van der Waals surface area contributed by atoms with Gasteiger partial charge in [0.05, 0.1) is 5.41 Å². The molecule has 96 valence electrons. The standard InChI is InChI=1S/C15H19NO2/c1-16-9-11-4-5-13(8-12(11)10-16)15(14(17)18)6-2-3-7-15/h4-5,8H,2-3,6-7,9-10H2,1H3,(H,17,18). The van der Waals surface area contributed by atoms with Crippen LogP contribution in [0.4, 0.5) is 0 Å². The van der Waals surface area contributed by atoms with Crippen LogP contribution in [-0.2, 0) is 23.3 Å². The van der Waals surface area contributed by atoms with E-state index in [1.165, 1.54) is 11.1 Å². The van der Waals surface area contributed by atoms with Gasteiger partial charge in [-0.25, -0.2) is 0 Å². The molecule has 1 aliphatic heterocycles. The van der Waals surface area contributed by atoms with Gasteiger partial charge in [-0.15, -0.1) is 0 Å². The second-order valence-corrected chi connectivity index (χ2v) is 5.75. The minimum atomic E-state index is -0.647. The fraction of sp³-hybridized carbons (Fsp3) is 0.533. The van der Waals surface area contributed by atoms with Crippen LogP contribution in [0.2, 0.25) is 0 Å². The van der Waals surface area contributed by atoms with Gasteiger partial charge in [0.15, 0.2) is 0 Å². The lowest BCUT2D eigenvalue weighted by molar-refractivity contribution is -0.143. The number of benzene rings is 1. The Morgan fingerprint density at radius 3 is 2.56 bits per heavy atom. The molecule has 0 unspecified atom stereocenters. The largest absolute Gasteiger partial charge is 0.481 e. The topological polar surface area (TPSA) is 40.5 Å². The van der Waals surface area contributed by atoms with Crippen molar-refractivity contribution in [3.05, 3.63) is 34.9 Å². The van der Waals surface area contributed by atoms with Crippen LogP contribution in [-0.4, -0.2) is 23.0 Å². The summed E-state index contributed by atoms with van der Waals surface area (Å²) in [6, 6.07) is 6.30. The molecule has 0 radical (unpaired) electrons. The zero-order valence-electron chi connectivity index (χ0n) is 10.8. The number of carboxylic acids is 1. The summed E-state index contributed by atoms with van der Waals surface area (Å²) in [5.41, 5.74) is 3.06. The zero-order valence-corrected chi connectivity index (χ0v) is 10.8. The molecule has 0 spiro atoms. The SMILES string of the molecule is CN1Cc2ccc(C3(C(=O)O)CCCC3)cc2C1. The van der Waals surface area contributed by atoms with Gasteiger partial charge < -0.3 is 5.11 Å². The van der Waals surface area contributed by atoms with Crippen molar-refractivity contribution >= 4 is 5.97 Å². The van der Waals surface area contributed by atoms with E-state index in [1.54, 1.807) is 0 Å². The summed E-state index contributed by atoms with van der Waals surface area (Å²) < 4.78 is 0. The lowest BCUT2D eigenvalue weighted by atomic mass is 9.78. The number of nitrogens with zero attached hydrogens (tertiary/aromatic N) is 1. The quantitative estimate of drug-likeness (QED) is 0.870. The first-order valence-corrected chi connectivity index (χ1v) is 6.66. The highest BCUT2D eigenvalue weighted by Gasteiger charge is 2.43. The first-order valence-electron chi connectivity index (χ1n) is 6.66. The molecule has 18 heavy (non-hydrogen) atoms. The number of rotatable bonds is 2. The molecule has 0 bridgehead atoms. The fourth-order valence-corrected chi connectivity index (χ4v) is 3.47. The molecule has 0 atom stereocenters. The molecule has 2 aliphatic rings. The summed E-state index contributed by atoms with van der Waals surface area (Å²) >= 11 is 0. The summed E-state index contributed by atoms with van der Waals surface area (Å²) in [6.07, 6.45) is 3.64. The predicted molar refractivity (Wildman–Crippen MR) is 69.4 cm³/mol. The Hall–Kier alpha value is -1.35. The summed E-state index contributed by atoms with van der Waals surface area (Å²) in [5, 5.41) is 9.61. The van der Waals surface area contributed by atoms with E-state index >= 15 is 0 Å². The highest BCUT2D eigenvalue weighted by Crippen LogP contribution is 2.42. The van der Waals surface area contributed by atoms with Crippen LogP contribution in [0.25, 0.3) is 0 Å². The summed E-state index contributed by atoms with van der Waals surface area (Å²) in [4.78, 5) is 13.9. The molecule has 1 heterocycles. The van der Waals surface area contributed by atoms with Gasteiger partial charge in [0.2, 0.25) is 0 Å². The van der Waals surface area contributed by atoms with Gasteiger partial charge in [-0.2, -0.15) is 0 Å². The molecule has 0 amide bonds. The Morgan fingerprint density at radius 2 is 1.89 bits per heavy atom. The van der Waals surface area contributed by atoms with Crippen molar-refractivity contribution in [2.45, 2.75) is 44.2 Å². The van der Waals surface area contributed by atoms with Crippen LogP contribution < -0.4 is 0 Å². The van der Waals surface area contributed by atoms with Crippen molar-refractivity contribution in [3.63, 3.8) is 0 Å². The lowest BCUT2D eigenvalue weighted by Gasteiger charge is -2.25. The van der Waals surface area contributed by atoms with Gasteiger partial charge in [-0.05, 0) is 36.6 Å². The van der Waals surface area contributed by atoms with E-state index in [2.05, 4.69) is 24.1 Å². The third-order valence-electron chi connectivity index (χ3n) is 4.51. The van der Waals surface area contributed by atoms with Gasteiger partial charge in [0, 0.05) is 13.1 Å². The van der Waals surface area contributed by atoms with E-state index in [0.717, 1.165) is 44.3 Å². The molecule has 1 aromatic rings. The lowest BCUT2D eigenvalue weighted by Crippen LogP contribution is -2.32. The minimum Gasteiger partial charge on any atom is -0.481 e. The molecule has 1 saturated carbocycles. The van der Waals surface area contributed by atoms with E-state index in [1.807, 2.05) is 6.07 Å². The molecule has 1 N–H and O–H groups in total. The predicted octanol–water partition coefficient (Wildman–Crippen LogP) is 2.53. The van der Waals surface area contributed by atoms with E-state index in [9.17, 15) is 9.90 Å². The van der Waals surface area contributed by atoms with Crippen LogP contribution in [0.3, 0.4) is 0 Å². The normalized spacial score (nSPS) is 22.1. The maximum Gasteiger partial charge on any atom is 0.314 e. The first-order chi connectivity index (χ1) is 8.62. The molecule has 3 heteroatoms. The Morgan fingerprint density at radius 1 is 1.22 bits per heavy atom. The Kier molecular flexibility index (Phi) is 2.67. The molecular weight excluding hydrogens is 226 g/mol. The smallest absolute Gasteiger partial charge is 0.314 e. The van der Waals surface area contributed by atoms with Crippen LogP contribution >= 0.6 is 0 Å². The third kappa shape index (κ3) is 1.65. The molecule has 1 aliphatic carbocycles. The first kappa shape index (κ1) is 11.7. The Labute approximate surface area is 107 Å². The van der Waals surface area contributed by atoms with Crippen molar-refractivity contribution in [1.82, 2.24) is 4.90 Å². The van der Waals surface area contributed by atoms with Crippen molar-refractivity contribution < 1.29 is 9.90 Å². The molecule has 1 fully saturated rings. The summed E-state index contributed by atoms with van der Waals surface area (Å²) in [6.45, 7) is 1.93. The van der Waals surface area contributed by atoms with Crippen LogP contribution in [0.1, 0.15) is 42.4 Å². The van der Waals surface area contributed by atoms with Crippen molar-refractivity contribution in [1.29, 1.82) is 0 Å². The summed E-state index contributed by atoms with van der Waals surface area (Å²) in [7, 11) is 2.10. The highest BCUT2D eigenvalue weighted by atomic mass is 16.4. The third-order valence-corrected chi connectivity index (χ3v) is 4.51. The highest BCUT2D eigenvalue weighted by molar-refractivity contribution is 5.82. The minimum absolute atomic E-state index is 0.615. The monoisotopic (exact) mass is 245 g/mol. The van der Waals surface area contributed by atoms with E-state index in [-0.39, 0.29) is 0 Å². The second-order valence-electron chi connectivity index (χ2n) is 5.75. The number of hydrogen-bond acceptors (Lipinski definition) is 2. The number of aliphatic carboxylic acids is 1. The number of carboxylic acid groups (broad SMARTS) is 1. The van der Waals surface area contributed by atoms with Gasteiger partial charge in [-0.3, -0.25) is 9.69 Å². The average molecular weight is 245 g/mol. The van der Waals surface area contributed by atoms with E-state index in [4.69, 9.17) is 0 Å². The van der Waals surface area contributed by atoms with Gasteiger partial charge in [0.1, 0.15) is 0 Å². The van der Waals surface area contributed by atoms with Crippen LogP contribution in [0.5, 0.6) is 0 Å². The van der Waals surface area contributed by atoms with Crippen molar-refractivity contribution in [2.24, 2.45) is 0 Å². The molecule has 0 aromatic heterocycles. The number of hydrogen-bond donors (Lipinski definition) is 1. The van der Waals surface area contributed by atoms with Gasteiger partial charge in [0.25, 0.3) is 0 Å². The van der Waals surface area contributed by atoms with Crippen LogP contribution in [0, 0.1) is 0 Å². The molecule has 0 saturated heterocycles. The molecule has 3 nitrogen and oxygen atoms in total. The Balaban J connectivity index is 2.02. The second kappa shape index (κ2) is 4.09. The van der Waals surface area contributed by atoms with Gasteiger partial charge in [-0.1, -0.05) is 31.0 Å². The van der Waals surface area contributed by atoms with Crippen LogP contribution in [0.15, 0.2) is 18.2 Å².